The number of aromatic nitrogens is 2. The number of hydrogen-bond donors (Lipinski definition) is 2. The molecule has 1 heterocycles. The highest BCUT2D eigenvalue weighted by Gasteiger charge is 2.35. The fraction of sp³-hybridized carbons (Fsp3) is 0.240. The number of hydrogen-bond acceptors (Lipinski definition) is 3. The predicted octanol–water partition coefficient (Wildman–Crippen LogP) is 7.15. The molecule has 1 aliphatic carbocycles. The third kappa shape index (κ3) is 4.90. The van der Waals surface area contributed by atoms with Gasteiger partial charge in [0.15, 0.2) is 4.90 Å². The Morgan fingerprint density at radius 2 is 1.80 bits per heavy atom. The van der Waals surface area contributed by atoms with Gasteiger partial charge >= 0.3 is 6.18 Å². The SMILES string of the molecule is [O-][S+](CC1CC1)c1ccc(C(O)c2nc3c(Cl)c(-c4ccccc4C(F)(F)F)c(Cl)cc3[nH]2)cc1. The lowest BCUT2D eigenvalue weighted by molar-refractivity contribution is -0.137. The second-order valence-electron chi connectivity index (χ2n) is 8.54. The lowest BCUT2D eigenvalue weighted by Crippen LogP contribution is -2.09. The molecule has 4 nitrogen and oxygen atoms in total. The number of nitrogens with zero attached hydrogens (tertiary/aromatic N) is 1. The fourth-order valence-corrected chi connectivity index (χ4v) is 6.07. The van der Waals surface area contributed by atoms with E-state index in [9.17, 15) is 22.8 Å². The van der Waals surface area contributed by atoms with Crippen LogP contribution in [-0.4, -0.2) is 25.4 Å². The average Bonchev–Trinajstić information content (AvgIpc) is 3.53. The van der Waals surface area contributed by atoms with Gasteiger partial charge in [0.05, 0.1) is 21.1 Å². The van der Waals surface area contributed by atoms with Gasteiger partial charge in [-0.2, -0.15) is 13.2 Å². The molecule has 35 heavy (non-hydrogen) atoms. The molecule has 1 aromatic heterocycles. The zero-order valence-corrected chi connectivity index (χ0v) is 20.4. The molecule has 2 N–H and O–H groups in total. The Kier molecular flexibility index (Phi) is 6.52. The zero-order chi connectivity index (χ0) is 24.9. The normalized spacial score (nSPS) is 16.0. The molecular formula is C25H19Cl2F3N2O2S. The van der Waals surface area contributed by atoms with Crippen LogP contribution in [-0.2, 0) is 17.4 Å². The van der Waals surface area contributed by atoms with Gasteiger partial charge in [0.1, 0.15) is 23.2 Å². The van der Waals surface area contributed by atoms with E-state index in [1.807, 2.05) is 0 Å². The summed E-state index contributed by atoms with van der Waals surface area (Å²) in [6.07, 6.45) is -3.52. The highest BCUT2D eigenvalue weighted by atomic mass is 35.5. The maximum absolute atomic E-state index is 13.6. The number of rotatable bonds is 6. The minimum Gasteiger partial charge on any atom is -0.611 e. The van der Waals surface area contributed by atoms with E-state index < -0.39 is 29.0 Å². The van der Waals surface area contributed by atoms with Crippen LogP contribution in [0.4, 0.5) is 13.2 Å². The van der Waals surface area contributed by atoms with Gasteiger partial charge in [-0.3, -0.25) is 0 Å². The summed E-state index contributed by atoms with van der Waals surface area (Å²) in [7, 11) is 0. The molecule has 3 aromatic carbocycles. The molecular weight excluding hydrogens is 520 g/mol. The van der Waals surface area contributed by atoms with Crippen LogP contribution in [0.3, 0.4) is 0 Å². The number of fused-ring (bicyclic) bond motifs is 1. The maximum Gasteiger partial charge on any atom is 0.417 e. The van der Waals surface area contributed by atoms with Crippen molar-refractivity contribution in [1.29, 1.82) is 0 Å². The van der Waals surface area contributed by atoms with E-state index in [1.54, 1.807) is 24.3 Å². The third-order valence-corrected chi connectivity index (χ3v) is 8.23. The number of halogens is 5. The van der Waals surface area contributed by atoms with Crippen LogP contribution in [0.5, 0.6) is 0 Å². The third-order valence-electron chi connectivity index (χ3n) is 5.99. The van der Waals surface area contributed by atoms with Crippen molar-refractivity contribution in [2.75, 3.05) is 5.75 Å². The minimum absolute atomic E-state index is 0.0174. The van der Waals surface area contributed by atoms with E-state index >= 15 is 0 Å². The van der Waals surface area contributed by atoms with E-state index in [1.165, 1.54) is 24.3 Å². The van der Waals surface area contributed by atoms with Gasteiger partial charge in [0, 0.05) is 11.5 Å². The van der Waals surface area contributed by atoms with Crippen LogP contribution >= 0.6 is 23.2 Å². The highest BCUT2D eigenvalue weighted by molar-refractivity contribution is 7.91. The number of nitrogens with one attached hydrogen (secondary N) is 1. The van der Waals surface area contributed by atoms with Crippen LogP contribution in [0.1, 0.15) is 35.9 Å². The molecule has 0 amide bonds. The second-order valence-corrected chi connectivity index (χ2v) is 10.8. The lowest BCUT2D eigenvalue weighted by atomic mass is 9.98. The Labute approximate surface area is 212 Å². The van der Waals surface area contributed by atoms with E-state index in [-0.39, 0.29) is 32.5 Å². The second kappa shape index (κ2) is 9.33. The topological polar surface area (TPSA) is 72.0 Å². The molecule has 0 radical (unpaired) electrons. The Hall–Kier alpha value is -2.23. The molecule has 5 rings (SSSR count). The Bertz CT molecular complexity index is 1390. The number of aromatic amines is 1. The molecule has 0 aliphatic heterocycles. The van der Waals surface area contributed by atoms with Crippen LogP contribution in [0, 0.1) is 5.92 Å². The zero-order valence-electron chi connectivity index (χ0n) is 18.1. The summed E-state index contributed by atoms with van der Waals surface area (Å²) in [4.78, 5) is 8.03. The van der Waals surface area contributed by atoms with Gasteiger partial charge in [-0.15, -0.1) is 0 Å². The molecule has 1 saturated carbocycles. The van der Waals surface area contributed by atoms with Crippen LogP contribution in [0.15, 0.2) is 59.5 Å². The summed E-state index contributed by atoms with van der Waals surface area (Å²) in [6.45, 7) is 0. The Morgan fingerprint density at radius 3 is 2.46 bits per heavy atom. The van der Waals surface area contributed by atoms with Crippen molar-refractivity contribution < 1.29 is 22.8 Å². The van der Waals surface area contributed by atoms with Crippen molar-refractivity contribution in [2.24, 2.45) is 5.92 Å². The first-order chi connectivity index (χ1) is 16.6. The molecule has 0 spiro atoms. The smallest absolute Gasteiger partial charge is 0.417 e. The monoisotopic (exact) mass is 538 g/mol. The van der Waals surface area contributed by atoms with Crippen molar-refractivity contribution in [3.05, 3.63) is 81.6 Å². The quantitative estimate of drug-likeness (QED) is 0.256. The molecule has 4 aromatic rings. The number of alkyl halides is 3. The van der Waals surface area contributed by atoms with E-state index in [2.05, 4.69) is 9.97 Å². The molecule has 1 aliphatic rings. The van der Waals surface area contributed by atoms with E-state index in [0.717, 1.165) is 18.9 Å². The van der Waals surface area contributed by atoms with Gasteiger partial charge in [-0.1, -0.05) is 53.5 Å². The molecule has 0 saturated heterocycles. The van der Waals surface area contributed by atoms with Crippen LogP contribution < -0.4 is 0 Å². The fourth-order valence-electron chi connectivity index (χ4n) is 3.98. The summed E-state index contributed by atoms with van der Waals surface area (Å²) in [6, 6.07) is 13.3. The van der Waals surface area contributed by atoms with Crippen molar-refractivity contribution >= 4 is 45.4 Å². The minimum atomic E-state index is -4.60. The molecule has 182 valence electrons. The Morgan fingerprint density at radius 1 is 1.11 bits per heavy atom. The molecule has 0 bridgehead atoms. The van der Waals surface area contributed by atoms with Crippen LogP contribution in [0.25, 0.3) is 22.2 Å². The summed E-state index contributed by atoms with van der Waals surface area (Å²) < 4.78 is 53.2. The van der Waals surface area contributed by atoms with Gasteiger partial charge in [-0.25, -0.2) is 4.98 Å². The first-order valence-corrected chi connectivity index (χ1v) is 12.9. The highest BCUT2D eigenvalue weighted by Crippen LogP contribution is 2.45. The molecule has 2 unspecified atom stereocenters. The number of aliphatic hydroxyl groups is 1. The standard InChI is InChI=1S/C25H19Cl2F3N2O2S/c26-18-11-19-22(21(27)20(18)16-3-1-2-4-17(16)25(28,29)30)32-24(31-19)23(33)14-7-9-15(10-8-14)35(34)12-13-5-6-13/h1-4,7-11,13,23,33H,5-6,12H2,(H,31,32). The summed E-state index contributed by atoms with van der Waals surface area (Å²) in [5.41, 5.74) is 0.0865. The maximum atomic E-state index is 13.6. The van der Waals surface area contributed by atoms with Gasteiger partial charge in [0.2, 0.25) is 0 Å². The molecule has 1 fully saturated rings. The number of benzene rings is 3. The largest absolute Gasteiger partial charge is 0.611 e. The predicted molar refractivity (Wildman–Crippen MR) is 131 cm³/mol. The van der Waals surface area contributed by atoms with Crippen molar-refractivity contribution in [3.63, 3.8) is 0 Å². The van der Waals surface area contributed by atoms with Crippen molar-refractivity contribution in [3.8, 4) is 11.1 Å². The van der Waals surface area contributed by atoms with Crippen molar-refractivity contribution in [1.82, 2.24) is 9.97 Å². The van der Waals surface area contributed by atoms with Crippen molar-refractivity contribution in [2.45, 2.75) is 30.0 Å². The summed E-state index contributed by atoms with van der Waals surface area (Å²) in [5.74, 6) is 1.33. The number of imidazole rings is 1. The number of H-pyrrole nitrogens is 1. The molecule has 2 atom stereocenters. The Balaban J connectivity index is 1.49. The first-order valence-electron chi connectivity index (χ1n) is 10.8. The van der Waals surface area contributed by atoms with E-state index in [4.69, 9.17) is 23.2 Å². The van der Waals surface area contributed by atoms with E-state index in [0.29, 0.717) is 27.6 Å². The van der Waals surface area contributed by atoms with Gasteiger partial charge in [0.25, 0.3) is 0 Å². The number of aliphatic hydroxyl groups excluding tert-OH is 1. The lowest BCUT2D eigenvalue weighted by Gasteiger charge is -2.15. The summed E-state index contributed by atoms with van der Waals surface area (Å²) >= 11 is 11.8. The first kappa shape index (κ1) is 24.5. The average molecular weight is 539 g/mol. The van der Waals surface area contributed by atoms with Gasteiger partial charge in [-0.05, 0) is 59.4 Å². The van der Waals surface area contributed by atoms with Crippen LogP contribution in [0.2, 0.25) is 10.0 Å². The summed E-state index contributed by atoms with van der Waals surface area (Å²) in [5, 5.41) is 10.8. The molecule has 10 heteroatoms. The van der Waals surface area contributed by atoms with Gasteiger partial charge < -0.3 is 14.6 Å².